The molecule has 0 aliphatic carbocycles. The third kappa shape index (κ3) is 3.91. The number of phenols is 3. The highest BCUT2D eigenvalue weighted by Gasteiger charge is 2.43. The Kier molecular flexibility index (Phi) is 5.80. The molecular weight excluding hydrogens is 440 g/mol. The SMILES string of the molecule is COc1c(-c2ccc(O)c(O)c2)oc2cc(O[C@@H]3OC(C)[C@@H](O)C(O)C3O)cc(O)c2c1=O. The highest BCUT2D eigenvalue weighted by atomic mass is 16.7. The highest BCUT2D eigenvalue weighted by molar-refractivity contribution is 5.88. The maximum atomic E-state index is 13.0. The summed E-state index contributed by atoms with van der Waals surface area (Å²) < 4.78 is 21.9. The van der Waals surface area contributed by atoms with E-state index in [-0.39, 0.29) is 39.5 Å². The maximum Gasteiger partial charge on any atom is 0.239 e. The van der Waals surface area contributed by atoms with Crippen LogP contribution in [0.4, 0.5) is 0 Å². The summed E-state index contributed by atoms with van der Waals surface area (Å²) in [5, 5.41) is 59.6. The van der Waals surface area contributed by atoms with Crippen molar-refractivity contribution in [1.29, 1.82) is 0 Å². The molecule has 0 amide bonds. The van der Waals surface area contributed by atoms with Crippen LogP contribution in [-0.2, 0) is 4.74 Å². The van der Waals surface area contributed by atoms with Crippen LogP contribution in [0.1, 0.15) is 6.92 Å². The molecule has 176 valence electrons. The smallest absolute Gasteiger partial charge is 0.239 e. The first kappa shape index (κ1) is 22.7. The zero-order chi connectivity index (χ0) is 24.0. The van der Waals surface area contributed by atoms with E-state index in [2.05, 4.69) is 0 Å². The van der Waals surface area contributed by atoms with Crippen molar-refractivity contribution in [2.75, 3.05) is 7.11 Å². The van der Waals surface area contributed by atoms with Crippen molar-refractivity contribution in [2.24, 2.45) is 0 Å². The number of phenolic OH excluding ortho intramolecular Hbond substituents is 3. The largest absolute Gasteiger partial charge is 0.507 e. The van der Waals surface area contributed by atoms with Crippen LogP contribution in [0.15, 0.2) is 39.5 Å². The third-order valence-electron chi connectivity index (χ3n) is 5.41. The topological polar surface area (TPSA) is 179 Å². The molecule has 33 heavy (non-hydrogen) atoms. The van der Waals surface area contributed by atoms with Crippen LogP contribution in [0.25, 0.3) is 22.3 Å². The summed E-state index contributed by atoms with van der Waals surface area (Å²) in [5.74, 6) is -1.71. The monoisotopic (exact) mass is 462 g/mol. The van der Waals surface area contributed by atoms with Crippen LogP contribution in [0.5, 0.6) is 28.7 Å². The second-order valence-electron chi connectivity index (χ2n) is 7.61. The van der Waals surface area contributed by atoms with Crippen molar-refractivity contribution in [2.45, 2.75) is 37.6 Å². The number of aliphatic hydroxyl groups is 3. The molecule has 1 aliphatic rings. The van der Waals surface area contributed by atoms with Gasteiger partial charge in [-0.25, -0.2) is 0 Å². The quantitative estimate of drug-likeness (QED) is 0.302. The number of methoxy groups -OCH3 is 1. The molecule has 0 radical (unpaired) electrons. The van der Waals surface area contributed by atoms with E-state index in [0.717, 1.165) is 6.07 Å². The number of aliphatic hydroxyl groups excluding tert-OH is 3. The molecular formula is C22H22O11. The minimum atomic E-state index is -1.59. The molecule has 6 N–H and O–H groups in total. The van der Waals surface area contributed by atoms with Gasteiger partial charge in [0.25, 0.3) is 0 Å². The molecule has 1 aliphatic heterocycles. The number of ether oxygens (including phenoxy) is 3. The molecule has 3 unspecified atom stereocenters. The van der Waals surface area contributed by atoms with E-state index in [0.29, 0.717) is 0 Å². The van der Waals surface area contributed by atoms with Gasteiger partial charge in [0.2, 0.25) is 17.5 Å². The lowest BCUT2D eigenvalue weighted by molar-refractivity contribution is -0.268. The number of hydrogen-bond acceptors (Lipinski definition) is 11. The Labute approximate surface area is 186 Å². The maximum absolute atomic E-state index is 13.0. The molecule has 0 saturated carbocycles. The first-order chi connectivity index (χ1) is 15.6. The Hall–Kier alpha value is -3.51. The van der Waals surface area contributed by atoms with Gasteiger partial charge in [-0.2, -0.15) is 0 Å². The van der Waals surface area contributed by atoms with Gasteiger partial charge in [0.1, 0.15) is 40.8 Å². The fourth-order valence-electron chi connectivity index (χ4n) is 3.61. The molecule has 3 aromatic rings. The minimum Gasteiger partial charge on any atom is -0.507 e. The van der Waals surface area contributed by atoms with Gasteiger partial charge in [0, 0.05) is 17.7 Å². The van der Waals surface area contributed by atoms with Crippen LogP contribution < -0.4 is 14.9 Å². The van der Waals surface area contributed by atoms with Crippen LogP contribution in [-0.4, -0.2) is 68.5 Å². The first-order valence-corrected chi connectivity index (χ1v) is 9.88. The first-order valence-electron chi connectivity index (χ1n) is 9.88. The summed E-state index contributed by atoms with van der Waals surface area (Å²) >= 11 is 0. The summed E-state index contributed by atoms with van der Waals surface area (Å²) in [4.78, 5) is 13.0. The van der Waals surface area contributed by atoms with E-state index >= 15 is 0 Å². The molecule has 1 fully saturated rings. The van der Waals surface area contributed by atoms with Gasteiger partial charge in [0.15, 0.2) is 17.3 Å². The van der Waals surface area contributed by atoms with Crippen molar-refractivity contribution >= 4 is 11.0 Å². The lowest BCUT2D eigenvalue weighted by Gasteiger charge is -2.38. The number of aromatic hydroxyl groups is 3. The number of benzene rings is 2. The molecule has 11 heteroatoms. The second kappa shape index (κ2) is 8.45. The predicted molar refractivity (Wildman–Crippen MR) is 112 cm³/mol. The summed E-state index contributed by atoms with van der Waals surface area (Å²) in [7, 11) is 1.24. The Balaban J connectivity index is 1.80. The van der Waals surface area contributed by atoms with Crippen molar-refractivity contribution in [3.63, 3.8) is 0 Å². The van der Waals surface area contributed by atoms with Gasteiger partial charge in [0.05, 0.1) is 13.2 Å². The average Bonchev–Trinajstić information content (AvgIpc) is 2.77. The summed E-state index contributed by atoms with van der Waals surface area (Å²) in [6.07, 6.45) is -6.66. The van der Waals surface area contributed by atoms with Crippen LogP contribution >= 0.6 is 0 Å². The van der Waals surface area contributed by atoms with Crippen LogP contribution in [0.3, 0.4) is 0 Å². The lowest BCUT2D eigenvalue weighted by atomic mass is 10.00. The van der Waals surface area contributed by atoms with Crippen molar-refractivity contribution in [3.05, 3.63) is 40.6 Å². The average molecular weight is 462 g/mol. The number of rotatable bonds is 4. The Morgan fingerprint density at radius 2 is 1.64 bits per heavy atom. The van der Waals surface area contributed by atoms with E-state index in [4.69, 9.17) is 18.6 Å². The van der Waals surface area contributed by atoms with Crippen LogP contribution in [0.2, 0.25) is 0 Å². The molecule has 1 saturated heterocycles. The van der Waals surface area contributed by atoms with Gasteiger partial charge < -0.3 is 49.3 Å². The van der Waals surface area contributed by atoms with E-state index in [1.807, 2.05) is 0 Å². The second-order valence-corrected chi connectivity index (χ2v) is 7.61. The molecule has 2 aromatic carbocycles. The minimum absolute atomic E-state index is 0.0624. The number of fused-ring (bicyclic) bond motifs is 1. The Bertz CT molecular complexity index is 1250. The summed E-state index contributed by atoms with van der Waals surface area (Å²) in [6.45, 7) is 1.48. The normalized spacial score (nSPS) is 25.2. The third-order valence-corrected chi connectivity index (χ3v) is 5.41. The molecule has 4 rings (SSSR count). The van der Waals surface area contributed by atoms with E-state index in [1.165, 1.54) is 38.3 Å². The summed E-state index contributed by atoms with van der Waals surface area (Å²) in [6, 6.07) is 6.12. The molecule has 5 atom stereocenters. The predicted octanol–water partition coefficient (Wildman–Crippen LogP) is 0.792. The lowest BCUT2D eigenvalue weighted by Crippen LogP contribution is -2.58. The Morgan fingerprint density at radius 1 is 0.909 bits per heavy atom. The number of hydrogen-bond donors (Lipinski definition) is 6. The highest BCUT2D eigenvalue weighted by Crippen LogP contribution is 2.38. The summed E-state index contributed by atoms with van der Waals surface area (Å²) in [5.41, 5.74) is -0.604. The van der Waals surface area contributed by atoms with Crippen LogP contribution in [0, 0.1) is 0 Å². The van der Waals surface area contributed by atoms with E-state index < -0.39 is 47.6 Å². The van der Waals surface area contributed by atoms with Gasteiger partial charge >= 0.3 is 0 Å². The molecule has 2 heterocycles. The molecule has 1 aromatic heterocycles. The van der Waals surface area contributed by atoms with E-state index in [9.17, 15) is 35.4 Å². The standard InChI is InChI=1S/C22H22O11/c1-8-16(26)18(28)19(29)22(31-8)32-10-6-13(25)15-14(7-10)33-20(21(30-2)17(15)27)9-3-4-11(23)12(24)5-9/h3-8,16,18-19,22-26,28-29H,1-2H3/t8?,16-,18?,19?,22+/m1/s1. The van der Waals surface area contributed by atoms with Gasteiger partial charge in [-0.3, -0.25) is 4.79 Å². The van der Waals surface area contributed by atoms with Crippen molar-refractivity contribution in [1.82, 2.24) is 0 Å². The van der Waals surface area contributed by atoms with Gasteiger partial charge in [-0.1, -0.05) is 0 Å². The molecule has 0 bridgehead atoms. The molecule has 11 nitrogen and oxygen atoms in total. The zero-order valence-corrected chi connectivity index (χ0v) is 17.5. The fourth-order valence-corrected chi connectivity index (χ4v) is 3.61. The van der Waals surface area contributed by atoms with Gasteiger partial charge in [-0.05, 0) is 25.1 Å². The fraction of sp³-hybridized carbons (Fsp3) is 0.318. The Morgan fingerprint density at radius 3 is 2.30 bits per heavy atom. The molecule has 0 spiro atoms. The zero-order valence-electron chi connectivity index (χ0n) is 17.5. The van der Waals surface area contributed by atoms with E-state index in [1.54, 1.807) is 0 Å². The van der Waals surface area contributed by atoms with Crippen molar-refractivity contribution < 1.29 is 49.3 Å². The van der Waals surface area contributed by atoms with Crippen molar-refractivity contribution in [3.8, 4) is 40.1 Å². The van der Waals surface area contributed by atoms with Gasteiger partial charge in [-0.15, -0.1) is 0 Å².